The van der Waals surface area contributed by atoms with Crippen molar-refractivity contribution >= 4 is 5.91 Å². The van der Waals surface area contributed by atoms with Crippen molar-refractivity contribution in [2.45, 2.75) is 25.9 Å². The summed E-state index contributed by atoms with van der Waals surface area (Å²) in [6, 6.07) is 0. The zero-order valence-corrected chi connectivity index (χ0v) is 12.4. The quantitative estimate of drug-likeness (QED) is 0.895. The molecule has 0 radical (unpaired) electrons. The van der Waals surface area contributed by atoms with Gasteiger partial charge >= 0.3 is 0 Å². The normalized spacial score (nSPS) is 18.4. The highest BCUT2D eigenvalue weighted by atomic mass is 16.5. The summed E-state index contributed by atoms with van der Waals surface area (Å²) in [4.78, 5) is 26.5. The molecule has 1 fully saturated rings. The number of nitrogens with one attached hydrogen (secondary N) is 1. The van der Waals surface area contributed by atoms with Gasteiger partial charge in [0.2, 0.25) is 0 Å². The Morgan fingerprint density at radius 1 is 1.50 bits per heavy atom. The van der Waals surface area contributed by atoms with Crippen LogP contribution in [0.15, 0.2) is 18.6 Å². The molecule has 0 unspecified atom stereocenters. The Morgan fingerprint density at radius 3 is 3.18 bits per heavy atom. The minimum absolute atomic E-state index is 0.147. The largest absolute Gasteiger partial charge is 0.366 e. The van der Waals surface area contributed by atoms with Crippen LogP contribution in [0.2, 0.25) is 0 Å². The van der Waals surface area contributed by atoms with Crippen molar-refractivity contribution in [3.05, 3.63) is 35.9 Å². The molecule has 1 saturated heterocycles. The van der Waals surface area contributed by atoms with Gasteiger partial charge in [0.1, 0.15) is 17.6 Å². The van der Waals surface area contributed by atoms with E-state index in [0.717, 1.165) is 18.7 Å². The molecule has 3 heterocycles. The monoisotopic (exact) mass is 302 g/mol. The molecule has 0 aromatic carbocycles. The third-order valence-corrected chi connectivity index (χ3v) is 3.46. The Kier molecular flexibility index (Phi) is 4.38. The summed E-state index contributed by atoms with van der Waals surface area (Å²) in [7, 11) is 0. The number of rotatable bonds is 4. The molecule has 1 amide bonds. The van der Waals surface area contributed by atoms with Crippen molar-refractivity contribution in [1.29, 1.82) is 0 Å². The van der Waals surface area contributed by atoms with Crippen LogP contribution in [0.5, 0.6) is 0 Å². The lowest BCUT2D eigenvalue weighted by atomic mass is 10.2. The molecule has 0 spiro atoms. The summed E-state index contributed by atoms with van der Waals surface area (Å²) >= 11 is 0. The van der Waals surface area contributed by atoms with Gasteiger partial charge in [0.15, 0.2) is 5.82 Å². The Morgan fingerprint density at radius 2 is 2.41 bits per heavy atom. The fourth-order valence-electron chi connectivity index (χ4n) is 2.36. The fraction of sp³-hybridized carbons (Fsp3) is 0.500. The SMILES string of the molecule is CCCc1nc([C@H]2CN(C(=O)c3cnccn3)CCO2)n[nH]1. The van der Waals surface area contributed by atoms with Gasteiger partial charge in [0.25, 0.3) is 5.91 Å². The van der Waals surface area contributed by atoms with Crippen molar-refractivity contribution in [2.75, 3.05) is 19.7 Å². The molecule has 8 nitrogen and oxygen atoms in total. The first kappa shape index (κ1) is 14.6. The van der Waals surface area contributed by atoms with Gasteiger partial charge < -0.3 is 9.64 Å². The van der Waals surface area contributed by atoms with Gasteiger partial charge in [0.05, 0.1) is 19.3 Å². The molecule has 1 aliphatic rings. The van der Waals surface area contributed by atoms with Crippen LogP contribution in [0.4, 0.5) is 0 Å². The highest BCUT2D eigenvalue weighted by Gasteiger charge is 2.29. The van der Waals surface area contributed by atoms with Gasteiger partial charge in [-0.1, -0.05) is 6.92 Å². The van der Waals surface area contributed by atoms with E-state index in [1.165, 1.54) is 12.4 Å². The molecule has 0 saturated carbocycles. The van der Waals surface area contributed by atoms with Crippen molar-refractivity contribution in [2.24, 2.45) is 0 Å². The van der Waals surface area contributed by atoms with Gasteiger partial charge in [-0.2, -0.15) is 5.10 Å². The summed E-state index contributed by atoms with van der Waals surface area (Å²) < 4.78 is 5.70. The maximum atomic E-state index is 12.4. The Hall–Kier alpha value is -2.35. The number of amides is 1. The molecular weight excluding hydrogens is 284 g/mol. The van der Waals surface area contributed by atoms with E-state index < -0.39 is 0 Å². The molecular formula is C14H18N6O2. The average molecular weight is 302 g/mol. The standard InChI is InChI=1S/C14H18N6O2/c1-2-3-12-17-13(19-18-12)11-9-20(6-7-22-11)14(21)10-8-15-4-5-16-10/h4-5,8,11H,2-3,6-7,9H2,1H3,(H,17,18,19)/t11-/m1/s1. The van der Waals surface area contributed by atoms with Crippen molar-refractivity contribution in [1.82, 2.24) is 30.0 Å². The summed E-state index contributed by atoms with van der Waals surface area (Å²) in [5.74, 6) is 1.30. The molecule has 8 heteroatoms. The first-order valence-corrected chi connectivity index (χ1v) is 7.36. The van der Waals surface area contributed by atoms with Crippen LogP contribution in [0.3, 0.4) is 0 Å². The second kappa shape index (κ2) is 6.61. The van der Waals surface area contributed by atoms with E-state index in [2.05, 4.69) is 32.1 Å². The number of carbonyl (C=O) groups excluding carboxylic acids is 1. The average Bonchev–Trinajstić information content (AvgIpc) is 3.04. The molecule has 2 aromatic rings. The Balaban J connectivity index is 1.69. The lowest BCUT2D eigenvalue weighted by molar-refractivity contribution is -0.0268. The summed E-state index contributed by atoms with van der Waals surface area (Å²) in [5.41, 5.74) is 0.338. The predicted octanol–water partition coefficient (Wildman–Crippen LogP) is 0.761. The molecule has 3 rings (SSSR count). The molecule has 116 valence electrons. The molecule has 1 atom stereocenters. The van der Waals surface area contributed by atoms with Crippen LogP contribution in [0.1, 0.15) is 41.6 Å². The number of H-pyrrole nitrogens is 1. The molecule has 1 aliphatic heterocycles. The first-order valence-electron chi connectivity index (χ1n) is 7.36. The van der Waals surface area contributed by atoms with Crippen LogP contribution in [-0.2, 0) is 11.2 Å². The van der Waals surface area contributed by atoms with Crippen LogP contribution in [0, 0.1) is 0 Å². The minimum Gasteiger partial charge on any atom is -0.366 e. The second-order valence-corrected chi connectivity index (χ2v) is 5.09. The third kappa shape index (κ3) is 3.11. The first-order chi connectivity index (χ1) is 10.8. The second-order valence-electron chi connectivity index (χ2n) is 5.09. The summed E-state index contributed by atoms with van der Waals surface area (Å²) in [6.07, 6.45) is 6.06. The van der Waals surface area contributed by atoms with Crippen molar-refractivity contribution in [3.63, 3.8) is 0 Å². The number of hydrogen-bond donors (Lipinski definition) is 1. The maximum absolute atomic E-state index is 12.4. The number of carbonyl (C=O) groups is 1. The molecule has 2 aromatic heterocycles. The molecule has 0 aliphatic carbocycles. The highest BCUT2D eigenvalue weighted by molar-refractivity contribution is 5.92. The molecule has 22 heavy (non-hydrogen) atoms. The van der Waals surface area contributed by atoms with E-state index in [4.69, 9.17) is 4.74 Å². The van der Waals surface area contributed by atoms with Crippen LogP contribution in [-0.4, -0.2) is 55.7 Å². The van der Waals surface area contributed by atoms with E-state index in [1.54, 1.807) is 11.1 Å². The predicted molar refractivity (Wildman–Crippen MR) is 77.0 cm³/mol. The van der Waals surface area contributed by atoms with Crippen LogP contribution < -0.4 is 0 Å². The lowest BCUT2D eigenvalue weighted by Gasteiger charge is -2.31. The lowest BCUT2D eigenvalue weighted by Crippen LogP contribution is -2.42. The smallest absolute Gasteiger partial charge is 0.274 e. The van der Waals surface area contributed by atoms with Gasteiger partial charge in [-0.15, -0.1) is 0 Å². The number of aryl methyl sites for hydroxylation is 1. The number of ether oxygens (including phenoxy) is 1. The van der Waals surface area contributed by atoms with Crippen LogP contribution >= 0.6 is 0 Å². The van der Waals surface area contributed by atoms with E-state index in [-0.39, 0.29) is 12.0 Å². The summed E-state index contributed by atoms with van der Waals surface area (Å²) in [5, 5.41) is 7.11. The highest BCUT2D eigenvalue weighted by Crippen LogP contribution is 2.20. The summed E-state index contributed by atoms with van der Waals surface area (Å²) in [6.45, 7) is 3.48. The minimum atomic E-state index is -0.309. The Labute approximate surface area is 127 Å². The van der Waals surface area contributed by atoms with Gasteiger partial charge in [-0.05, 0) is 6.42 Å². The molecule has 0 bridgehead atoms. The van der Waals surface area contributed by atoms with Gasteiger partial charge in [-0.25, -0.2) is 9.97 Å². The van der Waals surface area contributed by atoms with E-state index in [1.807, 2.05) is 0 Å². The number of nitrogens with zero attached hydrogens (tertiary/aromatic N) is 5. The number of aromatic amines is 1. The van der Waals surface area contributed by atoms with E-state index in [0.29, 0.717) is 31.2 Å². The zero-order valence-electron chi connectivity index (χ0n) is 12.4. The third-order valence-electron chi connectivity index (χ3n) is 3.46. The maximum Gasteiger partial charge on any atom is 0.274 e. The number of aromatic nitrogens is 5. The fourth-order valence-corrected chi connectivity index (χ4v) is 2.36. The van der Waals surface area contributed by atoms with Crippen LogP contribution in [0.25, 0.3) is 0 Å². The van der Waals surface area contributed by atoms with E-state index in [9.17, 15) is 4.79 Å². The molecule has 1 N–H and O–H groups in total. The van der Waals surface area contributed by atoms with Gasteiger partial charge in [-0.3, -0.25) is 14.9 Å². The number of hydrogen-bond acceptors (Lipinski definition) is 6. The van der Waals surface area contributed by atoms with Gasteiger partial charge in [0, 0.05) is 25.4 Å². The Bertz CT molecular complexity index is 629. The topological polar surface area (TPSA) is 96.9 Å². The zero-order chi connectivity index (χ0) is 15.4. The van der Waals surface area contributed by atoms with Crippen molar-refractivity contribution in [3.8, 4) is 0 Å². The van der Waals surface area contributed by atoms with E-state index >= 15 is 0 Å². The number of morpholine rings is 1. The van der Waals surface area contributed by atoms with Crippen molar-refractivity contribution < 1.29 is 9.53 Å².